The predicted molar refractivity (Wildman–Crippen MR) is 85.4 cm³/mol. The van der Waals surface area contributed by atoms with Crippen molar-refractivity contribution in [3.05, 3.63) is 0 Å². The van der Waals surface area contributed by atoms with Crippen molar-refractivity contribution in [3.8, 4) is 0 Å². The molecule has 0 aromatic heterocycles. The van der Waals surface area contributed by atoms with E-state index in [0.29, 0.717) is 12.1 Å². The van der Waals surface area contributed by atoms with E-state index in [-0.39, 0.29) is 5.92 Å². The first-order valence-electron chi connectivity index (χ1n) is 8.54. The summed E-state index contributed by atoms with van der Waals surface area (Å²) in [4.78, 5) is 16.6. The molecule has 0 spiro atoms. The van der Waals surface area contributed by atoms with E-state index in [2.05, 4.69) is 23.6 Å². The van der Waals surface area contributed by atoms with Gasteiger partial charge >= 0.3 is 5.97 Å². The van der Waals surface area contributed by atoms with Crippen molar-refractivity contribution in [2.75, 3.05) is 26.2 Å². The van der Waals surface area contributed by atoms with Crippen LogP contribution < -0.4 is 0 Å². The Labute approximate surface area is 129 Å². The lowest BCUT2D eigenvalue weighted by atomic mass is 9.74. The van der Waals surface area contributed by atoms with Gasteiger partial charge in [0, 0.05) is 18.6 Å². The number of carboxylic acid groups (broad SMARTS) is 1. The molecule has 1 atom stereocenters. The quantitative estimate of drug-likeness (QED) is 0.866. The highest BCUT2D eigenvalue weighted by Crippen LogP contribution is 2.35. The third-order valence-electron chi connectivity index (χ3n) is 5.77. The molecule has 1 N–H and O–H groups in total. The maximum Gasteiger partial charge on any atom is 0.309 e. The van der Waals surface area contributed by atoms with Crippen molar-refractivity contribution in [3.63, 3.8) is 0 Å². The molecule has 2 rings (SSSR count). The normalized spacial score (nSPS) is 27.2. The lowest BCUT2D eigenvalue weighted by Crippen LogP contribution is -2.52. The van der Waals surface area contributed by atoms with Crippen LogP contribution >= 0.6 is 0 Å². The first-order valence-corrected chi connectivity index (χ1v) is 8.54. The second kappa shape index (κ2) is 6.66. The molecule has 1 unspecified atom stereocenters. The number of carbonyl (C=O) groups is 1. The molecule has 2 aliphatic rings. The lowest BCUT2D eigenvalue weighted by Gasteiger charge is -2.45. The highest BCUT2D eigenvalue weighted by Gasteiger charge is 2.40. The first kappa shape index (κ1) is 16.8. The van der Waals surface area contributed by atoms with Crippen molar-refractivity contribution in [1.82, 2.24) is 9.80 Å². The van der Waals surface area contributed by atoms with Crippen LogP contribution in [0.2, 0.25) is 0 Å². The summed E-state index contributed by atoms with van der Waals surface area (Å²) in [6.07, 6.45) is 4.67. The number of hydrogen-bond donors (Lipinski definition) is 1. The fraction of sp³-hybridized carbons (Fsp3) is 0.941. The molecule has 0 saturated carbocycles. The average molecular weight is 296 g/mol. The Bertz CT molecular complexity index is 360. The van der Waals surface area contributed by atoms with Gasteiger partial charge in [-0.2, -0.15) is 0 Å². The zero-order chi connectivity index (χ0) is 15.6. The van der Waals surface area contributed by atoms with E-state index in [1.54, 1.807) is 0 Å². The SMILES string of the molecule is CC(C)N1CCC(N2CCCC(C(C)(C)C(=O)O)C2)CC1. The summed E-state index contributed by atoms with van der Waals surface area (Å²) < 4.78 is 0. The number of hydrogen-bond acceptors (Lipinski definition) is 3. The van der Waals surface area contributed by atoms with Crippen LogP contribution in [0.3, 0.4) is 0 Å². The minimum atomic E-state index is -0.649. The molecule has 2 fully saturated rings. The Morgan fingerprint density at radius 1 is 1.14 bits per heavy atom. The van der Waals surface area contributed by atoms with Gasteiger partial charge in [0.2, 0.25) is 0 Å². The molecule has 4 nitrogen and oxygen atoms in total. The van der Waals surface area contributed by atoms with Crippen LogP contribution in [0.5, 0.6) is 0 Å². The van der Waals surface area contributed by atoms with Gasteiger partial charge in [-0.25, -0.2) is 0 Å². The van der Waals surface area contributed by atoms with E-state index >= 15 is 0 Å². The fourth-order valence-corrected chi connectivity index (χ4v) is 3.87. The van der Waals surface area contributed by atoms with Crippen molar-refractivity contribution < 1.29 is 9.90 Å². The second-order valence-corrected chi connectivity index (χ2v) is 7.72. The summed E-state index contributed by atoms with van der Waals surface area (Å²) in [7, 11) is 0. The topological polar surface area (TPSA) is 43.8 Å². The highest BCUT2D eigenvalue weighted by molar-refractivity contribution is 5.74. The van der Waals surface area contributed by atoms with Gasteiger partial charge in [-0.3, -0.25) is 9.69 Å². The number of likely N-dealkylation sites (tertiary alicyclic amines) is 2. The van der Waals surface area contributed by atoms with Crippen LogP contribution in [0.15, 0.2) is 0 Å². The van der Waals surface area contributed by atoms with Gasteiger partial charge in [0.05, 0.1) is 5.41 Å². The van der Waals surface area contributed by atoms with E-state index in [1.807, 2.05) is 13.8 Å². The molecule has 0 radical (unpaired) electrons. The molecule has 2 saturated heterocycles. The molecule has 122 valence electrons. The maximum atomic E-state index is 11.5. The van der Waals surface area contributed by atoms with Crippen LogP contribution in [0.25, 0.3) is 0 Å². The monoisotopic (exact) mass is 296 g/mol. The van der Waals surface area contributed by atoms with Gasteiger partial charge in [0.25, 0.3) is 0 Å². The zero-order valence-corrected chi connectivity index (χ0v) is 14.1. The smallest absolute Gasteiger partial charge is 0.309 e. The van der Waals surface area contributed by atoms with Gasteiger partial charge < -0.3 is 10.0 Å². The predicted octanol–water partition coefficient (Wildman–Crippen LogP) is 2.68. The third-order valence-corrected chi connectivity index (χ3v) is 5.77. The number of nitrogens with zero attached hydrogens (tertiary/aromatic N) is 2. The molecule has 0 bridgehead atoms. The van der Waals surface area contributed by atoms with Crippen molar-refractivity contribution in [1.29, 1.82) is 0 Å². The van der Waals surface area contributed by atoms with Crippen molar-refractivity contribution in [2.24, 2.45) is 11.3 Å². The Kier molecular flexibility index (Phi) is 5.31. The maximum absolute atomic E-state index is 11.5. The lowest BCUT2D eigenvalue weighted by molar-refractivity contribution is -0.151. The van der Waals surface area contributed by atoms with Crippen LogP contribution in [0.4, 0.5) is 0 Å². The Balaban J connectivity index is 1.92. The van der Waals surface area contributed by atoms with Crippen molar-refractivity contribution in [2.45, 2.75) is 65.5 Å². The first-order chi connectivity index (χ1) is 9.82. The minimum absolute atomic E-state index is 0.284. The molecule has 0 amide bonds. The molecular formula is C17H32N2O2. The van der Waals surface area contributed by atoms with Crippen LogP contribution in [-0.2, 0) is 4.79 Å². The van der Waals surface area contributed by atoms with E-state index in [4.69, 9.17) is 0 Å². The van der Waals surface area contributed by atoms with Gasteiger partial charge in [-0.1, -0.05) is 0 Å². The summed E-state index contributed by atoms with van der Waals surface area (Å²) in [5, 5.41) is 9.46. The summed E-state index contributed by atoms with van der Waals surface area (Å²) in [5.74, 6) is -0.365. The third kappa shape index (κ3) is 3.78. The molecule has 21 heavy (non-hydrogen) atoms. The molecular weight excluding hydrogens is 264 g/mol. The number of carboxylic acids is 1. The summed E-state index contributed by atoms with van der Waals surface area (Å²) >= 11 is 0. The van der Waals surface area contributed by atoms with Gasteiger partial charge in [0.1, 0.15) is 0 Å². The standard InChI is InChI=1S/C17H32N2O2/c1-13(2)18-10-7-15(8-11-18)19-9-5-6-14(12-19)17(3,4)16(20)21/h13-15H,5-12H2,1-4H3,(H,20,21). The zero-order valence-electron chi connectivity index (χ0n) is 14.1. The summed E-state index contributed by atoms with van der Waals surface area (Å²) in [5.41, 5.74) is -0.600. The highest BCUT2D eigenvalue weighted by atomic mass is 16.4. The molecule has 2 heterocycles. The van der Waals surface area contributed by atoms with Crippen LogP contribution in [0.1, 0.15) is 53.4 Å². The number of aliphatic carboxylic acids is 1. The Morgan fingerprint density at radius 2 is 1.76 bits per heavy atom. The molecule has 4 heteroatoms. The summed E-state index contributed by atoms with van der Waals surface area (Å²) in [6.45, 7) is 12.8. The van der Waals surface area contributed by atoms with Crippen LogP contribution in [0, 0.1) is 11.3 Å². The van der Waals surface area contributed by atoms with E-state index in [9.17, 15) is 9.90 Å². The minimum Gasteiger partial charge on any atom is -0.481 e. The molecule has 0 aromatic rings. The summed E-state index contributed by atoms with van der Waals surface area (Å²) in [6, 6.07) is 1.30. The Morgan fingerprint density at radius 3 is 2.29 bits per heavy atom. The number of piperidine rings is 2. The molecule has 0 aromatic carbocycles. The Hall–Kier alpha value is -0.610. The molecule has 0 aliphatic carbocycles. The van der Waals surface area contributed by atoms with Crippen molar-refractivity contribution >= 4 is 5.97 Å². The second-order valence-electron chi connectivity index (χ2n) is 7.72. The molecule has 2 aliphatic heterocycles. The largest absolute Gasteiger partial charge is 0.481 e. The average Bonchev–Trinajstić information content (AvgIpc) is 2.47. The van der Waals surface area contributed by atoms with Gasteiger partial charge in [0.15, 0.2) is 0 Å². The van der Waals surface area contributed by atoms with Gasteiger partial charge in [-0.15, -0.1) is 0 Å². The fourth-order valence-electron chi connectivity index (χ4n) is 3.87. The van der Waals surface area contributed by atoms with Gasteiger partial charge in [-0.05, 0) is 78.9 Å². The van der Waals surface area contributed by atoms with Crippen LogP contribution in [-0.4, -0.2) is 59.1 Å². The number of rotatable bonds is 4. The van der Waals surface area contributed by atoms with E-state index in [1.165, 1.54) is 25.9 Å². The van der Waals surface area contributed by atoms with E-state index in [0.717, 1.165) is 25.9 Å². The van der Waals surface area contributed by atoms with E-state index < -0.39 is 11.4 Å².